The molecule has 0 unspecified atom stereocenters. The molecule has 22 heavy (non-hydrogen) atoms. The van der Waals surface area contributed by atoms with Crippen molar-refractivity contribution in [3.05, 3.63) is 41.3 Å². The summed E-state index contributed by atoms with van der Waals surface area (Å²) in [7, 11) is -3.84. The molecule has 0 aliphatic carbocycles. The standard InChI is InChI=1S/C14H17N3O4S/c1-8(2)13-15-7-12(16-13)22(20,21)17-10-5-4-9(3)11(6-10)14(18)19/h4-8,17H,1-3H3,(H,15,16)(H,18,19). The molecule has 3 N–H and O–H groups in total. The lowest BCUT2D eigenvalue weighted by Gasteiger charge is -2.08. The average Bonchev–Trinajstić information content (AvgIpc) is 2.91. The van der Waals surface area contributed by atoms with Gasteiger partial charge in [0.05, 0.1) is 11.8 Å². The summed E-state index contributed by atoms with van der Waals surface area (Å²) in [6.07, 6.45) is 1.24. The number of aromatic nitrogens is 2. The van der Waals surface area contributed by atoms with E-state index < -0.39 is 16.0 Å². The number of nitrogens with zero attached hydrogens (tertiary/aromatic N) is 1. The van der Waals surface area contributed by atoms with Gasteiger partial charge in [0.2, 0.25) is 0 Å². The summed E-state index contributed by atoms with van der Waals surface area (Å²) in [4.78, 5) is 17.9. The first-order valence-corrected chi connectivity index (χ1v) is 8.10. The molecule has 0 saturated heterocycles. The van der Waals surface area contributed by atoms with Crippen LogP contribution in [0, 0.1) is 6.92 Å². The van der Waals surface area contributed by atoms with Crippen LogP contribution in [0.3, 0.4) is 0 Å². The molecular formula is C14H17N3O4S. The lowest BCUT2D eigenvalue weighted by atomic mass is 10.1. The third kappa shape index (κ3) is 3.28. The molecule has 118 valence electrons. The van der Waals surface area contributed by atoms with Gasteiger partial charge in [-0.3, -0.25) is 4.72 Å². The van der Waals surface area contributed by atoms with Crippen LogP contribution in [0.15, 0.2) is 29.4 Å². The Labute approximate surface area is 128 Å². The van der Waals surface area contributed by atoms with Crippen LogP contribution in [0.4, 0.5) is 5.69 Å². The highest BCUT2D eigenvalue weighted by molar-refractivity contribution is 7.92. The molecule has 1 aromatic heterocycles. The molecule has 2 rings (SSSR count). The number of rotatable bonds is 5. The second kappa shape index (κ2) is 5.80. The van der Waals surface area contributed by atoms with E-state index in [2.05, 4.69) is 14.7 Å². The van der Waals surface area contributed by atoms with Crippen molar-refractivity contribution in [1.82, 2.24) is 9.97 Å². The fourth-order valence-corrected chi connectivity index (χ4v) is 2.85. The average molecular weight is 323 g/mol. The van der Waals surface area contributed by atoms with Crippen molar-refractivity contribution in [3.8, 4) is 0 Å². The quantitative estimate of drug-likeness (QED) is 0.782. The van der Waals surface area contributed by atoms with Gasteiger partial charge in [0, 0.05) is 11.6 Å². The predicted molar refractivity (Wildman–Crippen MR) is 81.6 cm³/mol. The monoisotopic (exact) mass is 323 g/mol. The van der Waals surface area contributed by atoms with Crippen LogP contribution in [0.1, 0.15) is 41.5 Å². The van der Waals surface area contributed by atoms with Gasteiger partial charge in [-0.05, 0) is 24.6 Å². The number of carboxylic acid groups (broad SMARTS) is 1. The number of aromatic amines is 1. The largest absolute Gasteiger partial charge is 0.478 e. The van der Waals surface area contributed by atoms with Gasteiger partial charge >= 0.3 is 5.97 Å². The molecule has 0 aliphatic heterocycles. The highest BCUT2D eigenvalue weighted by Crippen LogP contribution is 2.20. The molecule has 1 aromatic carbocycles. The van der Waals surface area contributed by atoms with E-state index in [1.54, 1.807) is 13.0 Å². The van der Waals surface area contributed by atoms with Crippen molar-refractivity contribution >= 4 is 21.7 Å². The van der Waals surface area contributed by atoms with Crippen LogP contribution in [0.2, 0.25) is 0 Å². The van der Waals surface area contributed by atoms with Crippen LogP contribution in [-0.2, 0) is 10.0 Å². The van der Waals surface area contributed by atoms with Crippen LogP contribution in [0.5, 0.6) is 0 Å². The Morgan fingerprint density at radius 3 is 2.59 bits per heavy atom. The number of H-pyrrole nitrogens is 1. The molecule has 0 saturated carbocycles. The molecule has 0 bridgehead atoms. The molecule has 2 aromatic rings. The van der Waals surface area contributed by atoms with E-state index in [0.29, 0.717) is 11.4 Å². The molecule has 7 nitrogen and oxygen atoms in total. The van der Waals surface area contributed by atoms with E-state index in [4.69, 9.17) is 5.11 Å². The highest BCUT2D eigenvalue weighted by Gasteiger charge is 2.19. The summed E-state index contributed by atoms with van der Waals surface area (Å²) in [6, 6.07) is 4.35. The molecule has 0 aliphatic rings. The van der Waals surface area contributed by atoms with E-state index in [9.17, 15) is 13.2 Å². The Balaban J connectivity index is 2.32. The number of aromatic carboxylic acids is 1. The van der Waals surface area contributed by atoms with Crippen LogP contribution < -0.4 is 4.72 Å². The number of hydrogen-bond acceptors (Lipinski definition) is 4. The topological polar surface area (TPSA) is 112 Å². The number of nitrogens with one attached hydrogen (secondary N) is 2. The van der Waals surface area contributed by atoms with Crippen molar-refractivity contribution in [1.29, 1.82) is 0 Å². The van der Waals surface area contributed by atoms with Crippen molar-refractivity contribution in [3.63, 3.8) is 0 Å². The number of benzene rings is 1. The first-order chi connectivity index (χ1) is 10.2. The molecular weight excluding hydrogens is 306 g/mol. The fourth-order valence-electron chi connectivity index (χ4n) is 1.87. The van der Waals surface area contributed by atoms with E-state index in [1.807, 2.05) is 13.8 Å². The minimum absolute atomic E-state index is 0.0488. The normalized spacial score (nSPS) is 11.6. The molecule has 1 heterocycles. The maximum absolute atomic E-state index is 12.3. The second-order valence-electron chi connectivity index (χ2n) is 5.23. The van der Waals surface area contributed by atoms with Crippen molar-refractivity contribution in [2.24, 2.45) is 0 Å². The molecule has 0 radical (unpaired) electrons. The van der Waals surface area contributed by atoms with Crippen LogP contribution in [0.25, 0.3) is 0 Å². The SMILES string of the molecule is Cc1ccc(NS(=O)(=O)c2cnc(C(C)C)[nH]2)cc1C(=O)O. The van der Waals surface area contributed by atoms with Crippen LogP contribution in [-0.4, -0.2) is 29.5 Å². The number of aryl methyl sites for hydroxylation is 1. The highest BCUT2D eigenvalue weighted by atomic mass is 32.2. The van der Waals surface area contributed by atoms with E-state index in [1.165, 1.54) is 18.3 Å². The van der Waals surface area contributed by atoms with Gasteiger partial charge in [0.1, 0.15) is 5.82 Å². The summed E-state index contributed by atoms with van der Waals surface area (Å²) in [5, 5.41) is 9.02. The summed E-state index contributed by atoms with van der Waals surface area (Å²) in [5.74, 6) is -0.473. The van der Waals surface area contributed by atoms with Crippen molar-refractivity contribution < 1.29 is 18.3 Å². The zero-order chi connectivity index (χ0) is 16.5. The Morgan fingerprint density at radius 1 is 1.36 bits per heavy atom. The van der Waals surface area contributed by atoms with Crippen LogP contribution >= 0.6 is 0 Å². The lowest BCUT2D eigenvalue weighted by Crippen LogP contribution is -2.14. The molecule has 0 fully saturated rings. The number of anilines is 1. The number of carbonyl (C=O) groups is 1. The Morgan fingerprint density at radius 2 is 2.05 bits per heavy atom. The molecule has 8 heteroatoms. The number of carboxylic acids is 1. The van der Waals surface area contributed by atoms with Crippen molar-refractivity contribution in [2.45, 2.75) is 31.7 Å². The van der Waals surface area contributed by atoms with Gasteiger partial charge in [-0.1, -0.05) is 19.9 Å². The van der Waals surface area contributed by atoms with Crippen molar-refractivity contribution in [2.75, 3.05) is 4.72 Å². The predicted octanol–water partition coefficient (Wildman–Crippen LogP) is 2.34. The van der Waals surface area contributed by atoms with Gasteiger partial charge in [-0.2, -0.15) is 8.42 Å². The first-order valence-electron chi connectivity index (χ1n) is 6.62. The van der Waals surface area contributed by atoms with Gasteiger partial charge in [-0.15, -0.1) is 0 Å². The maximum Gasteiger partial charge on any atom is 0.336 e. The molecule has 0 amide bonds. The zero-order valence-electron chi connectivity index (χ0n) is 12.4. The van der Waals surface area contributed by atoms with Gasteiger partial charge < -0.3 is 10.1 Å². The van der Waals surface area contributed by atoms with Gasteiger partial charge in [-0.25, -0.2) is 9.78 Å². The Kier molecular flexibility index (Phi) is 4.23. The lowest BCUT2D eigenvalue weighted by molar-refractivity contribution is 0.0696. The Hall–Kier alpha value is -2.35. The zero-order valence-corrected chi connectivity index (χ0v) is 13.2. The summed E-state index contributed by atoms with van der Waals surface area (Å²) >= 11 is 0. The number of sulfonamides is 1. The summed E-state index contributed by atoms with van der Waals surface area (Å²) in [5.41, 5.74) is 0.787. The summed E-state index contributed by atoms with van der Waals surface area (Å²) in [6.45, 7) is 5.43. The van der Waals surface area contributed by atoms with Gasteiger partial charge in [0.15, 0.2) is 5.03 Å². The number of hydrogen-bond donors (Lipinski definition) is 3. The maximum atomic E-state index is 12.3. The number of imidazole rings is 1. The minimum Gasteiger partial charge on any atom is -0.478 e. The second-order valence-corrected chi connectivity index (χ2v) is 6.88. The van der Waals surface area contributed by atoms with E-state index in [-0.39, 0.29) is 22.2 Å². The molecule has 0 atom stereocenters. The first kappa shape index (κ1) is 16.0. The van der Waals surface area contributed by atoms with Gasteiger partial charge in [0.25, 0.3) is 10.0 Å². The van der Waals surface area contributed by atoms with E-state index >= 15 is 0 Å². The third-order valence-electron chi connectivity index (χ3n) is 3.13. The Bertz CT molecular complexity index is 809. The summed E-state index contributed by atoms with van der Waals surface area (Å²) < 4.78 is 26.9. The minimum atomic E-state index is -3.84. The smallest absolute Gasteiger partial charge is 0.336 e. The molecule has 0 spiro atoms. The third-order valence-corrected chi connectivity index (χ3v) is 4.42. The fraction of sp³-hybridized carbons (Fsp3) is 0.286. The van der Waals surface area contributed by atoms with E-state index in [0.717, 1.165) is 0 Å².